The van der Waals surface area contributed by atoms with Gasteiger partial charge in [0.05, 0.1) is 23.3 Å². The van der Waals surface area contributed by atoms with Crippen molar-refractivity contribution in [3.63, 3.8) is 0 Å². The number of carbonyl (C=O) groups is 1. The molecule has 7 nitrogen and oxygen atoms in total. The highest BCUT2D eigenvalue weighted by Crippen LogP contribution is 2.49. The van der Waals surface area contributed by atoms with E-state index in [0.717, 1.165) is 47.7 Å². The van der Waals surface area contributed by atoms with Crippen LogP contribution >= 0.6 is 0 Å². The molecule has 1 aromatic carbocycles. The van der Waals surface area contributed by atoms with Gasteiger partial charge in [0.1, 0.15) is 11.4 Å². The summed E-state index contributed by atoms with van der Waals surface area (Å²) in [6.07, 6.45) is 14.2. The summed E-state index contributed by atoms with van der Waals surface area (Å²) >= 11 is 0. The Morgan fingerprint density at radius 1 is 1.12 bits per heavy atom. The zero-order valence-corrected chi connectivity index (χ0v) is 24.9. The second-order valence-corrected chi connectivity index (χ2v) is 12.9. The van der Waals surface area contributed by atoms with Crippen LogP contribution in [0.5, 0.6) is 0 Å². The first kappa shape index (κ1) is 28.6. The highest BCUT2D eigenvalue weighted by atomic mass is 16.6. The summed E-state index contributed by atoms with van der Waals surface area (Å²) in [6, 6.07) is 8.74. The summed E-state index contributed by atoms with van der Waals surface area (Å²) in [7, 11) is 0. The maximum atomic E-state index is 13.5. The molecular weight excluding hydrogens is 498 g/mol. The normalized spacial score (nSPS) is 24.4. The molecule has 216 valence electrons. The molecule has 0 radical (unpaired) electrons. The maximum absolute atomic E-state index is 13.5. The summed E-state index contributed by atoms with van der Waals surface area (Å²) in [4.78, 5) is 22.5. The van der Waals surface area contributed by atoms with E-state index >= 15 is 0 Å². The number of anilines is 1. The van der Waals surface area contributed by atoms with Gasteiger partial charge >= 0.3 is 6.09 Å². The number of ether oxygens (including phenoxy) is 1. The van der Waals surface area contributed by atoms with Crippen molar-refractivity contribution >= 4 is 30.4 Å². The van der Waals surface area contributed by atoms with E-state index in [0.29, 0.717) is 18.3 Å². The van der Waals surface area contributed by atoms with Gasteiger partial charge in [0.15, 0.2) is 0 Å². The van der Waals surface area contributed by atoms with Gasteiger partial charge in [-0.25, -0.2) is 14.7 Å². The smallest absolute Gasteiger partial charge is 0.420 e. The summed E-state index contributed by atoms with van der Waals surface area (Å²) in [5, 5.41) is 6.51. The molecule has 40 heavy (non-hydrogen) atoms. The molecule has 0 spiro atoms. The molecule has 7 heteroatoms. The Labute approximate surface area is 239 Å². The lowest BCUT2D eigenvalue weighted by Crippen LogP contribution is -2.41. The first-order valence-electron chi connectivity index (χ1n) is 15.4. The molecule has 2 aliphatic carbocycles. The molecule has 2 aromatic rings. The molecule has 0 N–H and O–H groups in total. The van der Waals surface area contributed by atoms with Crippen molar-refractivity contribution in [2.75, 3.05) is 18.0 Å². The van der Waals surface area contributed by atoms with Gasteiger partial charge in [-0.3, -0.25) is 9.58 Å². The largest absolute Gasteiger partial charge is 0.443 e. The lowest BCUT2D eigenvalue weighted by atomic mass is 9.95. The maximum Gasteiger partial charge on any atom is 0.420 e. The van der Waals surface area contributed by atoms with Crippen molar-refractivity contribution in [3.8, 4) is 0 Å². The summed E-state index contributed by atoms with van der Waals surface area (Å²) in [5.74, 6) is 2.19. The molecule has 1 unspecified atom stereocenters. The number of aliphatic imine (C=N–C) groups is 1. The average Bonchev–Trinajstić information content (AvgIpc) is 3.58. The van der Waals surface area contributed by atoms with E-state index in [-0.39, 0.29) is 0 Å². The molecule has 3 atom stereocenters. The van der Waals surface area contributed by atoms with Crippen LogP contribution in [0.3, 0.4) is 0 Å². The van der Waals surface area contributed by atoms with E-state index in [1.165, 1.54) is 56.9 Å². The summed E-state index contributed by atoms with van der Waals surface area (Å²) in [6.45, 7) is 15.3. The molecule has 1 amide bonds. The second-order valence-electron chi connectivity index (χ2n) is 12.9. The minimum atomic E-state index is -0.618. The number of hydrogen-bond acceptors (Lipinski definition) is 5. The van der Waals surface area contributed by atoms with Gasteiger partial charge in [-0.1, -0.05) is 44.9 Å². The van der Waals surface area contributed by atoms with Crippen LogP contribution in [0.4, 0.5) is 10.5 Å². The molecule has 1 aromatic heterocycles. The number of carbonyl (C=O) groups excluding carboxylic acids is 1. The van der Waals surface area contributed by atoms with Crippen LogP contribution in [-0.2, 0) is 11.3 Å². The zero-order chi connectivity index (χ0) is 28.3. The van der Waals surface area contributed by atoms with Gasteiger partial charge in [-0.05, 0) is 95.5 Å². The zero-order valence-electron chi connectivity index (χ0n) is 24.9. The van der Waals surface area contributed by atoms with Crippen LogP contribution in [0.2, 0.25) is 0 Å². The monoisotopic (exact) mass is 545 g/mol. The Balaban J connectivity index is 1.40. The van der Waals surface area contributed by atoms with E-state index in [2.05, 4.69) is 28.3 Å². The van der Waals surface area contributed by atoms with E-state index in [1.54, 1.807) is 4.90 Å². The molecule has 1 aliphatic heterocycles. The predicted molar refractivity (Wildman–Crippen MR) is 163 cm³/mol. The van der Waals surface area contributed by atoms with E-state index in [9.17, 15) is 4.79 Å². The van der Waals surface area contributed by atoms with Crippen molar-refractivity contribution < 1.29 is 9.53 Å². The highest BCUT2D eigenvalue weighted by Gasteiger charge is 2.41. The first-order chi connectivity index (χ1) is 19.2. The molecular formula is C33H47N5O2. The number of likely N-dealkylation sites (tertiary alicyclic amines) is 1. The van der Waals surface area contributed by atoms with Crippen molar-refractivity contribution in [2.24, 2.45) is 16.8 Å². The Bertz CT molecular complexity index is 1300. The lowest BCUT2D eigenvalue weighted by molar-refractivity contribution is 0.0603. The molecule has 1 saturated heterocycles. The fourth-order valence-electron chi connectivity index (χ4n) is 6.73. The van der Waals surface area contributed by atoms with Crippen LogP contribution in [0.1, 0.15) is 97.1 Å². The minimum absolute atomic E-state index is 0.422. The van der Waals surface area contributed by atoms with Gasteiger partial charge in [-0.15, -0.1) is 0 Å². The Morgan fingerprint density at radius 3 is 2.45 bits per heavy atom. The Kier molecular flexibility index (Phi) is 8.79. The van der Waals surface area contributed by atoms with E-state index in [1.807, 2.05) is 52.2 Å². The third kappa shape index (κ3) is 6.68. The number of amides is 1. The molecule has 2 bridgehead atoms. The molecule has 2 heterocycles. The number of hydrogen-bond donors (Lipinski definition) is 0. The van der Waals surface area contributed by atoms with Crippen LogP contribution in [-0.4, -0.2) is 45.3 Å². The quantitative estimate of drug-likeness (QED) is 0.329. The molecule has 3 aliphatic rings. The van der Waals surface area contributed by atoms with Crippen molar-refractivity contribution in [3.05, 3.63) is 46.6 Å². The highest BCUT2D eigenvalue weighted by molar-refractivity contribution is 6.15. The van der Waals surface area contributed by atoms with Crippen LogP contribution < -0.4 is 15.5 Å². The minimum Gasteiger partial charge on any atom is -0.443 e. The SMILES string of the molecule is C=c1/c(=C\N=C(CC)N(C(=O)OC(C)(C)C)c2ccc(CN3CCCCCC3)cc2)cnn1[C@H]1C[C@@H]2CCC1C2. The van der Waals surface area contributed by atoms with Gasteiger partial charge in [0, 0.05) is 24.4 Å². The standard InChI is InChI=1S/C33H47N5O2/c1-6-31(34-21-28-22-35-38(24(28)2)30-20-26-11-14-27(30)19-26)37(32(39)40-33(3,4)5)29-15-12-25(13-16-29)23-36-17-9-7-8-10-18-36/h12-13,15-16,21-22,26-27,30H,2,6-11,14,17-20,23H2,1,3-5H3/b28-21-,34-31?/t26-,27?,30+/m1/s1. The van der Waals surface area contributed by atoms with E-state index < -0.39 is 11.7 Å². The van der Waals surface area contributed by atoms with Crippen LogP contribution in [0.15, 0.2) is 35.5 Å². The van der Waals surface area contributed by atoms with Gasteiger partial charge < -0.3 is 4.74 Å². The second kappa shape index (κ2) is 12.3. The molecule has 3 fully saturated rings. The molecule has 2 saturated carbocycles. The summed E-state index contributed by atoms with van der Waals surface area (Å²) in [5.41, 5.74) is 1.40. The van der Waals surface area contributed by atoms with Crippen molar-refractivity contribution in [2.45, 2.75) is 104 Å². The molecule has 5 rings (SSSR count). The topological polar surface area (TPSA) is 63.0 Å². The van der Waals surface area contributed by atoms with Crippen LogP contribution in [0, 0.1) is 11.8 Å². The van der Waals surface area contributed by atoms with E-state index in [4.69, 9.17) is 14.8 Å². The first-order valence-corrected chi connectivity index (χ1v) is 15.4. The fraction of sp³-hybridized carbons (Fsp3) is 0.606. The van der Waals surface area contributed by atoms with Gasteiger partial charge in [0.25, 0.3) is 0 Å². The Morgan fingerprint density at radius 2 is 1.85 bits per heavy atom. The third-order valence-electron chi connectivity index (χ3n) is 8.75. The van der Waals surface area contributed by atoms with Crippen molar-refractivity contribution in [1.29, 1.82) is 0 Å². The Hall–Kier alpha value is -2.93. The van der Waals surface area contributed by atoms with Crippen LogP contribution in [0.25, 0.3) is 12.8 Å². The number of rotatable bonds is 6. The number of amidine groups is 1. The predicted octanol–water partition coefficient (Wildman–Crippen LogP) is 6.02. The van der Waals surface area contributed by atoms with Gasteiger partial charge in [-0.2, -0.15) is 5.10 Å². The number of nitrogens with zero attached hydrogens (tertiary/aromatic N) is 5. The fourth-order valence-corrected chi connectivity index (χ4v) is 6.73. The number of fused-ring (bicyclic) bond motifs is 2. The van der Waals surface area contributed by atoms with Crippen molar-refractivity contribution in [1.82, 2.24) is 14.7 Å². The third-order valence-corrected chi connectivity index (χ3v) is 8.75. The summed E-state index contributed by atoms with van der Waals surface area (Å²) < 4.78 is 7.95. The number of aromatic nitrogens is 2. The lowest BCUT2D eigenvalue weighted by Gasteiger charge is -2.28. The average molecular weight is 546 g/mol. The van der Waals surface area contributed by atoms with Gasteiger partial charge in [0.2, 0.25) is 0 Å². The number of benzene rings is 1.